The monoisotopic (exact) mass is 299 g/mol. The highest BCUT2D eigenvalue weighted by atomic mass is 16.2. The van der Waals surface area contributed by atoms with Crippen molar-refractivity contribution >= 4 is 5.91 Å². The lowest BCUT2D eigenvalue weighted by Gasteiger charge is -2.38. The lowest BCUT2D eigenvalue weighted by molar-refractivity contribution is 0.0603. The van der Waals surface area contributed by atoms with Crippen molar-refractivity contribution in [2.45, 2.75) is 32.9 Å². The first kappa shape index (κ1) is 14.7. The number of rotatable bonds is 2. The maximum absolute atomic E-state index is 12.8. The highest BCUT2D eigenvalue weighted by molar-refractivity contribution is 5.95. The highest BCUT2D eigenvalue weighted by Gasteiger charge is 2.28. The summed E-state index contributed by atoms with van der Waals surface area (Å²) in [5.41, 5.74) is 2.67. The van der Waals surface area contributed by atoms with E-state index in [1.807, 2.05) is 30.0 Å². The van der Waals surface area contributed by atoms with Crippen LogP contribution in [0.2, 0.25) is 0 Å². The Bertz CT molecular complexity index is 667. The van der Waals surface area contributed by atoms with Crippen LogP contribution in [-0.4, -0.2) is 50.7 Å². The summed E-state index contributed by atoms with van der Waals surface area (Å²) < 4.78 is 1.71. The summed E-state index contributed by atoms with van der Waals surface area (Å²) in [5, 5.41) is 7.53. The molecule has 0 radical (unpaired) electrons. The smallest absolute Gasteiger partial charge is 0.254 e. The van der Waals surface area contributed by atoms with Crippen molar-refractivity contribution in [1.82, 2.24) is 25.0 Å². The third-order valence-electron chi connectivity index (χ3n) is 4.40. The van der Waals surface area contributed by atoms with Gasteiger partial charge in [0.15, 0.2) is 0 Å². The third-order valence-corrected chi connectivity index (χ3v) is 4.40. The molecule has 0 spiro atoms. The number of carbonyl (C=O) groups is 1. The molecular weight excluding hydrogens is 278 g/mol. The van der Waals surface area contributed by atoms with Crippen molar-refractivity contribution in [1.29, 1.82) is 0 Å². The molecule has 1 aliphatic heterocycles. The topological polar surface area (TPSA) is 63.1 Å². The minimum atomic E-state index is 0.0918. The molecule has 6 heteroatoms. The van der Waals surface area contributed by atoms with Crippen LogP contribution in [0.25, 0.3) is 5.69 Å². The van der Waals surface area contributed by atoms with E-state index in [2.05, 4.69) is 29.2 Å². The van der Waals surface area contributed by atoms with Crippen LogP contribution in [0.1, 0.15) is 29.8 Å². The van der Waals surface area contributed by atoms with E-state index in [0.717, 1.165) is 29.9 Å². The first-order chi connectivity index (χ1) is 10.6. The Kier molecular flexibility index (Phi) is 3.94. The van der Waals surface area contributed by atoms with Crippen molar-refractivity contribution in [3.05, 3.63) is 42.0 Å². The van der Waals surface area contributed by atoms with E-state index in [-0.39, 0.29) is 11.9 Å². The summed E-state index contributed by atoms with van der Waals surface area (Å²) in [6.07, 6.45) is 3.16. The SMILES string of the molecule is Cc1cc(C(=O)N2CCNC(C)C2C)ccc1-n1cncn1. The second kappa shape index (κ2) is 5.88. The molecule has 22 heavy (non-hydrogen) atoms. The number of aromatic nitrogens is 3. The van der Waals surface area contributed by atoms with E-state index in [9.17, 15) is 4.79 Å². The number of aryl methyl sites for hydroxylation is 1. The molecule has 1 aromatic heterocycles. The molecule has 1 N–H and O–H groups in total. The average molecular weight is 299 g/mol. The zero-order valence-corrected chi connectivity index (χ0v) is 13.2. The fourth-order valence-electron chi connectivity index (χ4n) is 2.89. The zero-order valence-electron chi connectivity index (χ0n) is 13.2. The summed E-state index contributed by atoms with van der Waals surface area (Å²) in [7, 11) is 0. The molecule has 116 valence electrons. The Morgan fingerprint density at radius 1 is 1.36 bits per heavy atom. The predicted molar refractivity (Wildman–Crippen MR) is 84.1 cm³/mol. The van der Waals surface area contributed by atoms with Gasteiger partial charge in [0.1, 0.15) is 12.7 Å². The Balaban J connectivity index is 1.86. The quantitative estimate of drug-likeness (QED) is 0.910. The fraction of sp³-hybridized carbons (Fsp3) is 0.438. The molecule has 2 atom stereocenters. The van der Waals surface area contributed by atoms with Crippen LogP contribution < -0.4 is 5.32 Å². The summed E-state index contributed by atoms with van der Waals surface area (Å²) in [4.78, 5) is 18.7. The van der Waals surface area contributed by atoms with Crippen molar-refractivity contribution < 1.29 is 4.79 Å². The van der Waals surface area contributed by atoms with Crippen LogP contribution in [0, 0.1) is 6.92 Å². The second-order valence-electron chi connectivity index (χ2n) is 5.82. The molecule has 2 aromatic rings. The lowest BCUT2D eigenvalue weighted by Crippen LogP contribution is -2.57. The van der Waals surface area contributed by atoms with E-state index in [0.29, 0.717) is 6.04 Å². The van der Waals surface area contributed by atoms with Gasteiger partial charge < -0.3 is 10.2 Å². The molecule has 0 saturated carbocycles. The molecule has 0 bridgehead atoms. The van der Waals surface area contributed by atoms with Crippen LogP contribution >= 0.6 is 0 Å². The molecule has 2 unspecified atom stereocenters. The van der Waals surface area contributed by atoms with Gasteiger partial charge in [-0.25, -0.2) is 9.67 Å². The van der Waals surface area contributed by atoms with E-state index in [1.165, 1.54) is 6.33 Å². The van der Waals surface area contributed by atoms with Crippen LogP contribution in [0.4, 0.5) is 0 Å². The van der Waals surface area contributed by atoms with Crippen molar-refractivity contribution in [2.24, 2.45) is 0 Å². The molecule has 1 saturated heterocycles. The highest BCUT2D eigenvalue weighted by Crippen LogP contribution is 2.18. The number of hydrogen-bond donors (Lipinski definition) is 1. The van der Waals surface area contributed by atoms with E-state index in [1.54, 1.807) is 11.0 Å². The van der Waals surface area contributed by atoms with Crippen LogP contribution in [-0.2, 0) is 0 Å². The maximum Gasteiger partial charge on any atom is 0.254 e. The number of carbonyl (C=O) groups excluding carboxylic acids is 1. The van der Waals surface area contributed by atoms with Gasteiger partial charge in [0.05, 0.1) is 5.69 Å². The summed E-state index contributed by atoms with van der Waals surface area (Å²) in [6, 6.07) is 6.22. The number of nitrogens with one attached hydrogen (secondary N) is 1. The van der Waals surface area contributed by atoms with Gasteiger partial charge in [-0.15, -0.1) is 0 Å². The Hall–Kier alpha value is -2.21. The molecule has 1 fully saturated rings. The first-order valence-electron chi connectivity index (χ1n) is 7.58. The first-order valence-corrected chi connectivity index (χ1v) is 7.58. The predicted octanol–water partition coefficient (Wildman–Crippen LogP) is 1.40. The summed E-state index contributed by atoms with van der Waals surface area (Å²) in [5.74, 6) is 0.0918. The normalized spacial score (nSPS) is 21.9. The van der Waals surface area contributed by atoms with Gasteiger partial charge in [-0.1, -0.05) is 0 Å². The number of amides is 1. The number of benzene rings is 1. The minimum absolute atomic E-state index is 0.0918. The third kappa shape index (κ3) is 2.62. The van der Waals surface area contributed by atoms with Gasteiger partial charge in [0.25, 0.3) is 5.91 Å². The van der Waals surface area contributed by atoms with Gasteiger partial charge in [0, 0.05) is 30.7 Å². The summed E-state index contributed by atoms with van der Waals surface area (Å²) in [6.45, 7) is 7.77. The van der Waals surface area contributed by atoms with E-state index >= 15 is 0 Å². The van der Waals surface area contributed by atoms with E-state index in [4.69, 9.17) is 0 Å². The maximum atomic E-state index is 12.8. The van der Waals surface area contributed by atoms with E-state index < -0.39 is 0 Å². The largest absolute Gasteiger partial charge is 0.333 e. The molecule has 1 aromatic carbocycles. The molecular formula is C16H21N5O. The number of piperazine rings is 1. The van der Waals surface area contributed by atoms with Gasteiger partial charge in [-0.3, -0.25) is 4.79 Å². The van der Waals surface area contributed by atoms with Crippen molar-refractivity contribution in [3.8, 4) is 5.69 Å². The number of nitrogens with zero attached hydrogens (tertiary/aromatic N) is 4. The number of hydrogen-bond acceptors (Lipinski definition) is 4. The van der Waals surface area contributed by atoms with Gasteiger partial charge in [-0.05, 0) is 44.5 Å². The Labute approximate surface area is 130 Å². The molecule has 1 aliphatic rings. The summed E-state index contributed by atoms with van der Waals surface area (Å²) >= 11 is 0. The minimum Gasteiger partial charge on any atom is -0.333 e. The molecule has 1 amide bonds. The Morgan fingerprint density at radius 2 is 2.18 bits per heavy atom. The second-order valence-corrected chi connectivity index (χ2v) is 5.82. The Morgan fingerprint density at radius 3 is 2.86 bits per heavy atom. The van der Waals surface area contributed by atoms with Crippen molar-refractivity contribution in [3.63, 3.8) is 0 Å². The lowest BCUT2D eigenvalue weighted by atomic mass is 10.0. The molecule has 2 heterocycles. The van der Waals surface area contributed by atoms with Crippen molar-refractivity contribution in [2.75, 3.05) is 13.1 Å². The molecule has 6 nitrogen and oxygen atoms in total. The average Bonchev–Trinajstić information content (AvgIpc) is 3.03. The van der Waals surface area contributed by atoms with Crippen LogP contribution in [0.15, 0.2) is 30.9 Å². The zero-order chi connectivity index (χ0) is 15.7. The van der Waals surface area contributed by atoms with Gasteiger partial charge in [0.2, 0.25) is 0 Å². The molecule has 3 rings (SSSR count). The van der Waals surface area contributed by atoms with Gasteiger partial charge in [-0.2, -0.15) is 5.10 Å². The van der Waals surface area contributed by atoms with Gasteiger partial charge >= 0.3 is 0 Å². The van der Waals surface area contributed by atoms with Crippen LogP contribution in [0.5, 0.6) is 0 Å². The standard InChI is InChI=1S/C16H21N5O/c1-11-8-14(4-5-15(11)21-10-17-9-19-21)16(22)20-7-6-18-12(2)13(20)3/h4-5,8-10,12-13,18H,6-7H2,1-3H3. The fourth-order valence-corrected chi connectivity index (χ4v) is 2.89. The molecule has 0 aliphatic carbocycles. The van der Waals surface area contributed by atoms with Crippen LogP contribution in [0.3, 0.4) is 0 Å².